The topological polar surface area (TPSA) is 78.1 Å². The second-order valence-electron chi connectivity index (χ2n) is 2.00. The first-order valence-corrected chi connectivity index (χ1v) is 3.09. The monoisotopic (exact) mass is 157 g/mol. The molecule has 0 amide bonds. The van der Waals surface area contributed by atoms with Gasteiger partial charge in [-0.1, -0.05) is 11.6 Å². The standard InChI is InChI=1S/C6H8ClN3/c7-3-1-5(9)6(10)2-4(3)8/h1-2H,8-10H2. The Morgan fingerprint density at radius 3 is 1.90 bits per heavy atom. The highest BCUT2D eigenvalue weighted by Crippen LogP contribution is 2.26. The molecule has 10 heavy (non-hydrogen) atoms. The van der Waals surface area contributed by atoms with Gasteiger partial charge in [-0.2, -0.15) is 0 Å². The number of nitrogen functional groups attached to an aromatic ring is 3. The summed E-state index contributed by atoms with van der Waals surface area (Å²) in [5.74, 6) is 0. The van der Waals surface area contributed by atoms with Gasteiger partial charge in [0.05, 0.1) is 22.1 Å². The zero-order valence-electron chi connectivity index (χ0n) is 5.26. The van der Waals surface area contributed by atoms with Crippen LogP contribution >= 0.6 is 11.6 Å². The van der Waals surface area contributed by atoms with Gasteiger partial charge in [0.2, 0.25) is 0 Å². The van der Waals surface area contributed by atoms with E-state index in [1.807, 2.05) is 0 Å². The van der Waals surface area contributed by atoms with Crippen molar-refractivity contribution in [3.05, 3.63) is 17.2 Å². The van der Waals surface area contributed by atoms with Gasteiger partial charge in [0.15, 0.2) is 0 Å². The SMILES string of the molecule is Nc1cc(N)c(Cl)cc1N. The zero-order valence-corrected chi connectivity index (χ0v) is 6.02. The van der Waals surface area contributed by atoms with Crippen LogP contribution in [0.3, 0.4) is 0 Å². The first kappa shape index (κ1) is 7.02. The molecule has 4 heteroatoms. The Morgan fingerprint density at radius 1 is 0.900 bits per heavy atom. The van der Waals surface area contributed by atoms with Crippen molar-refractivity contribution in [1.82, 2.24) is 0 Å². The molecule has 0 saturated heterocycles. The molecular formula is C6H8ClN3. The molecule has 54 valence electrons. The molecule has 3 nitrogen and oxygen atoms in total. The maximum Gasteiger partial charge on any atom is 0.0657 e. The predicted octanol–water partition coefficient (Wildman–Crippen LogP) is 1.09. The lowest BCUT2D eigenvalue weighted by Gasteiger charge is -2.02. The molecule has 1 rings (SSSR count). The van der Waals surface area contributed by atoms with Crippen LogP contribution in [0.25, 0.3) is 0 Å². The van der Waals surface area contributed by atoms with Crippen LogP contribution in [-0.4, -0.2) is 0 Å². The van der Waals surface area contributed by atoms with Crippen molar-refractivity contribution in [2.24, 2.45) is 0 Å². The third-order valence-electron chi connectivity index (χ3n) is 1.20. The number of anilines is 3. The van der Waals surface area contributed by atoms with E-state index in [0.29, 0.717) is 22.1 Å². The molecule has 0 aliphatic rings. The van der Waals surface area contributed by atoms with Crippen LogP contribution in [0.5, 0.6) is 0 Å². The van der Waals surface area contributed by atoms with Gasteiger partial charge in [0.25, 0.3) is 0 Å². The van der Waals surface area contributed by atoms with Crippen LogP contribution in [0, 0.1) is 0 Å². The number of benzene rings is 1. The minimum absolute atomic E-state index is 0.437. The van der Waals surface area contributed by atoms with Crippen LogP contribution in [0.1, 0.15) is 0 Å². The van der Waals surface area contributed by atoms with Gasteiger partial charge in [-0.15, -0.1) is 0 Å². The fourth-order valence-corrected chi connectivity index (χ4v) is 0.795. The van der Waals surface area contributed by atoms with Gasteiger partial charge in [0, 0.05) is 0 Å². The fraction of sp³-hybridized carbons (Fsp3) is 0. The summed E-state index contributed by atoms with van der Waals surface area (Å²) in [5, 5.41) is 0.437. The summed E-state index contributed by atoms with van der Waals surface area (Å²) in [7, 11) is 0. The Hall–Kier alpha value is -1.09. The van der Waals surface area contributed by atoms with E-state index in [2.05, 4.69) is 0 Å². The van der Waals surface area contributed by atoms with E-state index in [0.717, 1.165) is 0 Å². The first-order valence-electron chi connectivity index (χ1n) is 2.71. The largest absolute Gasteiger partial charge is 0.397 e. The lowest BCUT2D eigenvalue weighted by molar-refractivity contribution is 1.65. The molecule has 0 fully saturated rings. The molecule has 0 bridgehead atoms. The Labute approximate surface area is 63.8 Å². The van der Waals surface area contributed by atoms with Crippen molar-refractivity contribution in [1.29, 1.82) is 0 Å². The number of halogens is 1. The fourth-order valence-electron chi connectivity index (χ4n) is 0.623. The molecule has 0 heterocycles. The molecule has 0 saturated carbocycles. The van der Waals surface area contributed by atoms with E-state index in [4.69, 9.17) is 28.8 Å². The molecule has 6 N–H and O–H groups in total. The highest BCUT2D eigenvalue weighted by Gasteiger charge is 1.99. The quantitative estimate of drug-likeness (QED) is 0.494. The Morgan fingerprint density at radius 2 is 1.40 bits per heavy atom. The summed E-state index contributed by atoms with van der Waals surface area (Å²) in [6.45, 7) is 0. The maximum atomic E-state index is 5.63. The van der Waals surface area contributed by atoms with E-state index >= 15 is 0 Å². The van der Waals surface area contributed by atoms with Gasteiger partial charge in [-0.05, 0) is 12.1 Å². The van der Waals surface area contributed by atoms with E-state index in [1.165, 1.54) is 12.1 Å². The third kappa shape index (κ3) is 1.09. The summed E-state index contributed by atoms with van der Waals surface area (Å²) < 4.78 is 0. The highest BCUT2D eigenvalue weighted by molar-refractivity contribution is 6.33. The lowest BCUT2D eigenvalue weighted by Crippen LogP contribution is -1.96. The molecular weight excluding hydrogens is 150 g/mol. The van der Waals surface area contributed by atoms with Gasteiger partial charge in [0.1, 0.15) is 0 Å². The average Bonchev–Trinajstić information content (AvgIpc) is 1.84. The normalized spacial score (nSPS) is 9.70. The van der Waals surface area contributed by atoms with Gasteiger partial charge < -0.3 is 17.2 Å². The third-order valence-corrected chi connectivity index (χ3v) is 1.53. The van der Waals surface area contributed by atoms with Crippen LogP contribution in [0.4, 0.5) is 17.1 Å². The van der Waals surface area contributed by atoms with Gasteiger partial charge in [-0.3, -0.25) is 0 Å². The van der Waals surface area contributed by atoms with Gasteiger partial charge >= 0.3 is 0 Å². The summed E-state index contributed by atoms with van der Waals surface area (Å²) in [4.78, 5) is 0. The number of rotatable bonds is 0. The molecule has 0 atom stereocenters. The van der Waals surface area contributed by atoms with E-state index < -0.39 is 0 Å². The van der Waals surface area contributed by atoms with Crippen LogP contribution in [0.15, 0.2) is 12.1 Å². The molecule has 0 aromatic heterocycles. The van der Waals surface area contributed by atoms with Crippen molar-refractivity contribution in [2.45, 2.75) is 0 Å². The van der Waals surface area contributed by atoms with Crippen molar-refractivity contribution in [3.63, 3.8) is 0 Å². The Kier molecular flexibility index (Phi) is 1.59. The summed E-state index contributed by atoms with van der Waals surface area (Å²) in [5.41, 5.74) is 17.6. The van der Waals surface area contributed by atoms with Crippen LogP contribution in [0.2, 0.25) is 5.02 Å². The summed E-state index contributed by atoms with van der Waals surface area (Å²) in [6.07, 6.45) is 0. The summed E-state index contributed by atoms with van der Waals surface area (Å²) >= 11 is 5.63. The van der Waals surface area contributed by atoms with Gasteiger partial charge in [-0.25, -0.2) is 0 Å². The molecule has 0 radical (unpaired) electrons. The van der Waals surface area contributed by atoms with Crippen LogP contribution in [-0.2, 0) is 0 Å². The summed E-state index contributed by atoms with van der Waals surface area (Å²) in [6, 6.07) is 3.07. The number of hydrogen-bond donors (Lipinski definition) is 3. The second-order valence-corrected chi connectivity index (χ2v) is 2.41. The molecule has 0 unspecified atom stereocenters. The predicted molar refractivity (Wildman–Crippen MR) is 44.7 cm³/mol. The lowest BCUT2D eigenvalue weighted by atomic mass is 10.2. The van der Waals surface area contributed by atoms with Crippen LogP contribution < -0.4 is 17.2 Å². The zero-order chi connectivity index (χ0) is 7.72. The molecule has 1 aromatic carbocycles. The highest BCUT2D eigenvalue weighted by atomic mass is 35.5. The van der Waals surface area contributed by atoms with Crippen molar-refractivity contribution < 1.29 is 0 Å². The van der Waals surface area contributed by atoms with Crippen molar-refractivity contribution in [2.75, 3.05) is 17.2 Å². The van der Waals surface area contributed by atoms with Crippen molar-refractivity contribution in [3.8, 4) is 0 Å². The first-order chi connectivity index (χ1) is 4.61. The Balaban J connectivity index is 3.28. The Bertz CT molecular complexity index is 209. The molecule has 0 aliphatic heterocycles. The van der Waals surface area contributed by atoms with Crippen molar-refractivity contribution >= 4 is 28.7 Å². The molecule has 0 aliphatic carbocycles. The maximum absolute atomic E-state index is 5.63. The number of nitrogens with two attached hydrogens (primary N) is 3. The van der Waals surface area contributed by atoms with E-state index in [-0.39, 0.29) is 0 Å². The smallest absolute Gasteiger partial charge is 0.0657 e. The molecule has 0 spiro atoms. The second kappa shape index (κ2) is 2.27. The van der Waals surface area contributed by atoms with E-state index in [1.54, 1.807) is 0 Å². The molecule has 1 aromatic rings. The average molecular weight is 158 g/mol. The minimum Gasteiger partial charge on any atom is -0.397 e. The number of hydrogen-bond acceptors (Lipinski definition) is 3. The van der Waals surface area contributed by atoms with E-state index in [9.17, 15) is 0 Å². The minimum atomic E-state index is 0.437.